The van der Waals surface area contributed by atoms with E-state index in [4.69, 9.17) is 9.47 Å². The maximum Gasteiger partial charge on any atom is 0.262 e. The van der Waals surface area contributed by atoms with Crippen molar-refractivity contribution in [2.45, 2.75) is 24.1 Å². The van der Waals surface area contributed by atoms with Crippen LogP contribution in [-0.2, 0) is 9.53 Å². The average molecular weight is 415 g/mol. The lowest BCUT2D eigenvalue weighted by Gasteiger charge is -2.10. The normalized spacial score (nSPS) is 16.2. The molecule has 10 heteroatoms. The first-order chi connectivity index (χ1) is 14.1. The van der Waals surface area contributed by atoms with E-state index >= 15 is 0 Å². The molecule has 1 fully saturated rings. The summed E-state index contributed by atoms with van der Waals surface area (Å²) in [4.78, 5) is 31.7. The third-order valence-corrected chi connectivity index (χ3v) is 5.50. The minimum atomic E-state index is -0.294. The Bertz CT molecular complexity index is 1060. The molecule has 0 bridgehead atoms. The molecular weight excluding hydrogens is 394 g/mol. The molecule has 1 saturated heterocycles. The molecule has 2 aromatic heterocycles. The highest BCUT2D eigenvalue weighted by Gasteiger charge is 2.17. The van der Waals surface area contributed by atoms with Crippen LogP contribution in [0.25, 0.3) is 16.7 Å². The van der Waals surface area contributed by atoms with E-state index in [1.165, 1.54) is 18.0 Å². The number of H-pyrrole nitrogens is 1. The first-order valence-electron chi connectivity index (χ1n) is 9.27. The van der Waals surface area contributed by atoms with Crippen molar-refractivity contribution in [2.75, 3.05) is 26.0 Å². The number of benzene rings is 1. The summed E-state index contributed by atoms with van der Waals surface area (Å²) in [5, 5.41) is 7.89. The van der Waals surface area contributed by atoms with Crippen molar-refractivity contribution in [3.05, 3.63) is 40.8 Å². The number of methoxy groups -OCH3 is 1. The van der Waals surface area contributed by atoms with Gasteiger partial charge in [-0.1, -0.05) is 11.8 Å². The average Bonchev–Trinajstić information content (AvgIpc) is 3.41. The second-order valence-electron chi connectivity index (χ2n) is 6.59. The van der Waals surface area contributed by atoms with Gasteiger partial charge in [-0.3, -0.25) is 9.59 Å². The van der Waals surface area contributed by atoms with Crippen molar-refractivity contribution in [1.82, 2.24) is 25.1 Å². The van der Waals surface area contributed by atoms with Crippen molar-refractivity contribution < 1.29 is 14.3 Å². The van der Waals surface area contributed by atoms with Crippen LogP contribution in [0.4, 0.5) is 0 Å². The largest absolute Gasteiger partial charge is 0.497 e. The van der Waals surface area contributed by atoms with Gasteiger partial charge in [0.2, 0.25) is 5.91 Å². The van der Waals surface area contributed by atoms with Gasteiger partial charge in [-0.05, 0) is 37.1 Å². The fourth-order valence-corrected chi connectivity index (χ4v) is 3.78. The van der Waals surface area contributed by atoms with Gasteiger partial charge in [0.15, 0.2) is 10.8 Å². The Hall–Kier alpha value is -2.85. The third-order valence-electron chi connectivity index (χ3n) is 4.62. The Kier molecular flexibility index (Phi) is 5.81. The van der Waals surface area contributed by atoms with Crippen LogP contribution in [0.1, 0.15) is 12.8 Å². The van der Waals surface area contributed by atoms with Gasteiger partial charge >= 0.3 is 0 Å². The molecule has 0 aliphatic carbocycles. The predicted molar refractivity (Wildman–Crippen MR) is 109 cm³/mol. The van der Waals surface area contributed by atoms with Crippen LogP contribution in [0, 0.1) is 0 Å². The van der Waals surface area contributed by atoms with Crippen molar-refractivity contribution in [3.63, 3.8) is 0 Å². The molecule has 1 aromatic carbocycles. The number of ether oxygens (including phenoxy) is 2. The number of rotatable bonds is 7. The SMILES string of the molecule is COc1ccc(-n2ncc3c(=O)[nH]c(SCC(=O)NCC4CCCO4)nc32)cc1. The van der Waals surface area contributed by atoms with Crippen molar-refractivity contribution in [2.24, 2.45) is 0 Å². The second kappa shape index (κ2) is 8.66. The minimum Gasteiger partial charge on any atom is -0.497 e. The first-order valence-corrected chi connectivity index (χ1v) is 10.3. The molecule has 1 amide bonds. The fourth-order valence-electron chi connectivity index (χ4n) is 3.10. The zero-order chi connectivity index (χ0) is 20.2. The lowest BCUT2D eigenvalue weighted by atomic mass is 10.2. The molecular formula is C19H21N5O4S. The minimum absolute atomic E-state index is 0.0945. The zero-order valence-electron chi connectivity index (χ0n) is 15.9. The van der Waals surface area contributed by atoms with Crippen molar-refractivity contribution >= 4 is 28.7 Å². The summed E-state index contributed by atoms with van der Waals surface area (Å²) in [5.41, 5.74) is 0.891. The van der Waals surface area contributed by atoms with E-state index in [-0.39, 0.29) is 23.3 Å². The molecule has 0 spiro atoms. The highest BCUT2D eigenvalue weighted by Crippen LogP contribution is 2.20. The molecule has 1 unspecified atom stereocenters. The van der Waals surface area contributed by atoms with E-state index in [1.807, 2.05) is 24.3 Å². The summed E-state index contributed by atoms with van der Waals surface area (Å²) in [6, 6.07) is 7.28. The number of thioether (sulfide) groups is 1. The lowest BCUT2D eigenvalue weighted by Crippen LogP contribution is -2.33. The van der Waals surface area contributed by atoms with Gasteiger partial charge in [0.05, 0.1) is 30.9 Å². The van der Waals surface area contributed by atoms with Gasteiger partial charge in [0, 0.05) is 13.2 Å². The van der Waals surface area contributed by atoms with Gasteiger partial charge < -0.3 is 19.8 Å². The zero-order valence-corrected chi connectivity index (χ0v) is 16.7. The summed E-state index contributed by atoms with van der Waals surface area (Å²) in [6.07, 6.45) is 3.57. The predicted octanol–water partition coefficient (Wildman–Crippen LogP) is 1.50. The Morgan fingerprint density at radius 1 is 1.41 bits per heavy atom. The van der Waals surface area contributed by atoms with Gasteiger partial charge in [0.25, 0.3) is 5.56 Å². The summed E-state index contributed by atoms with van der Waals surface area (Å²) in [7, 11) is 1.60. The van der Waals surface area contributed by atoms with E-state index in [1.54, 1.807) is 11.8 Å². The number of carbonyl (C=O) groups is 1. The molecule has 2 N–H and O–H groups in total. The highest BCUT2D eigenvalue weighted by molar-refractivity contribution is 7.99. The molecule has 4 rings (SSSR count). The van der Waals surface area contributed by atoms with Gasteiger partial charge in [0.1, 0.15) is 11.1 Å². The van der Waals surface area contributed by atoms with Crippen LogP contribution in [-0.4, -0.2) is 57.8 Å². The first kappa shape index (κ1) is 19.5. The second-order valence-corrected chi connectivity index (χ2v) is 7.55. The number of nitrogens with one attached hydrogen (secondary N) is 2. The fraction of sp³-hybridized carbons (Fsp3) is 0.368. The summed E-state index contributed by atoms with van der Waals surface area (Å²) < 4.78 is 12.3. The number of aromatic amines is 1. The lowest BCUT2D eigenvalue weighted by molar-refractivity contribution is -0.119. The molecule has 152 valence electrons. The number of hydrogen-bond acceptors (Lipinski definition) is 7. The molecule has 1 aliphatic rings. The Labute approximate surface area is 170 Å². The van der Waals surface area contributed by atoms with E-state index in [9.17, 15) is 9.59 Å². The summed E-state index contributed by atoms with van der Waals surface area (Å²) in [5.74, 6) is 0.746. The Balaban J connectivity index is 1.48. The number of fused-ring (bicyclic) bond motifs is 1. The number of aromatic nitrogens is 4. The van der Waals surface area contributed by atoms with Crippen LogP contribution in [0.15, 0.2) is 40.4 Å². The van der Waals surface area contributed by atoms with Gasteiger partial charge in [-0.25, -0.2) is 9.67 Å². The van der Waals surface area contributed by atoms with Crippen LogP contribution in [0.5, 0.6) is 5.75 Å². The molecule has 0 saturated carbocycles. The number of hydrogen-bond donors (Lipinski definition) is 2. The molecule has 3 heterocycles. The maximum atomic E-state index is 12.4. The number of amides is 1. The summed E-state index contributed by atoms with van der Waals surface area (Å²) >= 11 is 1.17. The molecule has 0 radical (unpaired) electrons. The van der Waals surface area contributed by atoms with Crippen LogP contribution in [0.2, 0.25) is 0 Å². The number of nitrogens with zero attached hydrogens (tertiary/aromatic N) is 3. The topological polar surface area (TPSA) is 111 Å². The highest BCUT2D eigenvalue weighted by atomic mass is 32.2. The van der Waals surface area contributed by atoms with Crippen molar-refractivity contribution in [3.8, 4) is 11.4 Å². The number of carbonyl (C=O) groups excluding carboxylic acids is 1. The molecule has 1 atom stereocenters. The summed E-state index contributed by atoms with van der Waals surface area (Å²) in [6.45, 7) is 1.26. The molecule has 9 nitrogen and oxygen atoms in total. The quantitative estimate of drug-likeness (QED) is 0.444. The molecule has 29 heavy (non-hydrogen) atoms. The Morgan fingerprint density at radius 2 is 2.24 bits per heavy atom. The molecule has 1 aliphatic heterocycles. The maximum absolute atomic E-state index is 12.4. The van der Waals surface area contributed by atoms with E-state index in [0.717, 1.165) is 30.9 Å². The Morgan fingerprint density at radius 3 is 2.97 bits per heavy atom. The van der Waals surface area contributed by atoms with Crippen LogP contribution in [0.3, 0.4) is 0 Å². The van der Waals surface area contributed by atoms with Crippen LogP contribution >= 0.6 is 11.8 Å². The van der Waals surface area contributed by atoms with Crippen molar-refractivity contribution in [1.29, 1.82) is 0 Å². The van der Waals surface area contributed by atoms with Gasteiger partial charge in [-0.2, -0.15) is 5.10 Å². The van der Waals surface area contributed by atoms with E-state index in [0.29, 0.717) is 22.7 Å². The monoisotopic (exact) mass is 415 g/mol. The molecule has 3 aromatic rings. The standard InChI is InChI=1S/C19H21N5O4S/c1-27-13-6-4-12(5-7-13)24-17-15(10-21-24)18(26)23-19(22-17)29-11-16(25)20-9-14-3-2-8-28-14/h4-7,10,14H,2-3,8-9,11H2,1H3,(H,20,25)(H,22,23,26). The van der Waals surface area contributed by atoms with E-state index in [2.05, 4.69) is 20.4 Å². The van der Waals surface area contributed by atoms with Gasteiger partial charge in [-0.15, -0.1) is 0 Å². The third kappa shape index (κ3) is 4.43. The van der Waals surface area contributed by atoms with Crippen LogP contribution < -0.4 is 15.6 Å². The smallest absolute Gasteiger partial charge is 0.262 e. The van der Waals surface area contributed by atoms with E-state index < -0.39 is 0 Å².